The van der Waals surface area contributed by atoms with Gasteiger partial charge in [0.15, 0.2) is 6.19 Å². The van der Waals surface area contributed by atoms with Crippen LogP contribution >= 0.6 is 0 Å². The van der Waals surface area contributed by atoms with Crippen LogP contribution in [-0.2, 0) is 11.0 Å². The molecule has 0 spiro atoms. The molecule has 6 nitrogen and oxygen atoms in total. The second kappa shape index (κ2) is 6.44. The number of allylic oxidation sites excluding steroid dienone is 4. The van der Waals surface area contributed by atoms with Crippen molar-refractivity contribution < 1.29 is 18.0 Å². The molecule has 1 aromatic heterocycles. The quantitative estimate of drug-likeness (QED) is 0.804. The summed E-state index contributed by atoms with van der Waals surface area (Å²) in [5.74, 6) is -0.844. The van der Waals surface area contributed by atoms with E-state index in [1.165, 1.54) is 11.1 Å². The van der Waals surface area contributed by atoms with Crippen LogP contribution < -0.4 is 0 Å². The van der Waals surface area contributed by atoms with E-state index >= 15 is 0 Å². The third-order valence-electron chi connectivity index (χ3n) is 5.62. The molecule has 3 heterocycles. The normalized spacial score (nSPS) is 27.5. The van der Waals surface area contributed by atoms with Gasteiger partial charge >= 0.3 is 6.18 Å². The Balaban J connectivity index is 1.59. The molecule has 2 unspecified atom stereocenters. The molecular formula is C18H18F3N5O. The number of H-pyrrole nitrogens is 1. The van der Waals surface area contributed by atoms with Crippen LogP contribution in [0.1, 0.15) is 36.4 Å². The van der Waals surface area contributed by atoms with Gasteiger partial charge in [-0.15, -0.1) is 0 Å². The molecule has 2 aliphatic heterocycles. The van der Waals surface area contributed by atoms with E-state index < -0.39 is 23.8 Å². The Hall–Kier alpha value is -2.76. The molecule has 4 rings (SSSR count). The fraction of sp³-hybridized carbons (Fsp3) is 0.500. The Bertz CT molecular complexity index is 850. The van der Waals surface area contributed by atoms with Crippen LogP contribution in [0.3, 0.4) is 0 Å². The van der Waals surface area contributed by atoms with Gasteiger partial charge in [-0.2, -0.15) is 23.5 Å². The zero-order valence-electron chi connectivity index (χ0n) is 14.4. The minimum Gasteiger partial charge on any atom is -0.314 e. The molecule has 0 bridgehead atoms. The summed E-state index contributed by atoms with van der Waals surface area (Å²) >= 11 is 0. The number of carbonyl (C=O) groups is 1. The van der Waals surface area contributed by atoms with Gasteiger partial charge in [-0.25, -0.2) is 0 Å². The van der Waals surface area contributed by atoms with Crippen LogP contribution in [0.2, 0.25) is 0 Å². The molecule has 1 aliphatic carbocycles. The highest BCUT2D eigenvalue weighted by Crippen LogP contribution is 2.45. The Morgan fingerprint density at radius 2 is 2.15 bits per heavy atom. The van der Waals surface area contributed by atoms with Gasteiger partial charge in [0.1, 0.15) is 11.7 Å². The lowest BCUT2D eigenvalue weighted by Crippen LogP contribution is -2.42. The third-order valence-corrected chi connectivity index (χ3v) is 5.62. The Labute approximate surface area is 153 Å². The van der Waals surface area contributed by atoms with Gasteiger partial charge in [0, 0.05) is 36.2 Å². The second-order valence-electron chi connectivity index (χ2n) is 7.04. The number of alkyl halides is 3. The van der Waals surface area contributed by atoms with Crippen LogP contribution in [0.15, 0.2) is 30.1 Å². The number of amides is 1. The Morgan fingerprint density at radius 3 is 2.89 bits per heavy atom. The van der Waals surface area contributed by atoms with Gasteiger partial charge < -0.3 is 4.90 Å². The number of hydrogen-bond acceptors (Lipinski definition) is 4. The molecule has 3 aliphatic rings. The number of nitriles is 1. The fourth-order valence-corrected chi connectivity index (χ4v) is 4.39. The maximum Gasteiger partial charge on any atom is 0.433 e. The number of likely N-dealkylation sites (tertiary alicyclic amines) is 2. The predicted molar refractivity (Wildman–Crippen MR) is 88.7 cm³/mol. The SMILES string of the molecule is N#CN1CCC[C@H]1C(=O)N1CCC2C1=CC=CC2c1cn[nH]c1C(F)(F)F. The minimum absolute atomic E-state index is 0.100. The Kier molecular flexibility index (Phi) is 4.21. The van der Waals surface area contributed by atoms with Crippen molar-refractivity contribution in [3.05, 3.63) is 41.4 Å². The average Bonchev–Trinajstić information content (AvgIpc) is 3.37. The van der Waals surface area contributed by atoms with Gasteiger partial charge in [0.05, 0.1) is 6.20 Å². The van der Waals surface area contributed by atoms with Crippen LogP contribution in [0, 0.1) is 17.4 Å². The van der Waals surface area contributed by atoms with Gasteiger partial charge in [-0.3, -0.25) is 14.8 Å². The fourth-order valence-electron chi connectivity index (χ4n) is 4.39. The first kappa shape index (κ1) is 17.6. The van der Waals surface area contributed by atoms with Crippen LogP contribution in [-0.4, -0.2) is 45.0 Å². The zero-order valence-corrected chi connectivity index (χ0v) is 14.4. The highest BCUT2D eigenvalue weighted by molar-refractivity contribution is 5.84. The molecule has 0 aromatic carbocycles. The summed E-state index contributed by atoms with van der Waals surface area (Å²) in [6, 6.07) is -0.473. The maximum absolute atomic E-state index is 13.3. The van der Waals surface area contributed by atoms with E-state index in [2.05, 4.69) is 16.4 Å². The number of nitrogens with one attached hydrogen (secondary N) is 1. The van der Waals surface area contributed by atoms with Gasteiger partial charge in [0.25, 0.3) is 0 Å². The molecule has 142 valence electrons. The lowest BCUT2D eigenvalue weighted by atomic mass is 9.81. The molecule has 0 radical (unpaired) electrons. The molecule has 1 amide bonds. The highest BCUT2D eigenvalue weighted by atomic mass is 19.4. The molecule has 1 aromatic rings. The van der Waals surface area contributed by atoms with Crippen LogP contribution in [0.25, 0.3) is 0 Å². The van der Waals surface area contributed by atoms with E-state index in [0.29, 0.717) is 25.9 Å². The smallest absolute Gasteiger partial charge is 0.314 e. The highest BCUT2D eigenvalue weighted by Gasteiger charge is 2.45. The maximum atomic E-state index is 13.3. The number of aromatic amines is 1. The van der Waals surface area contributed by atoms with E-state index in [0.717, 1.165) is 12.1 Å². The van der Waals surface area contributed by atoms with E-state index in [1.54, 1.807) is 23.1 Å². The minimum atomic E-state index is -4.51. The summed E-state index contributed by atoms with van der Waals surface area (Å²) in [5.41, 5.74) is -0.00981. The summed E-state index contributed by atoms with van der Waals surface area (Å²) in [6.45, 7) is 1.01. The van der Waals surface area contributed by atoms with E-state index in [9.17, 15) is 23.2 Å². The van der Waals surface area contributed by atoms with Crippen molar-refractivity contribution >= 4 is 5.91 Å². The lowest BCUT2D eigenvalue weighted by molar-refractivity contribution is -0.142. The summed E-state index contributed by atoms with van der Waals surface area (Å²) in [5, 5.41) is 14.9. The number of aromatic nitrogens is 2. The molecule has 3 atom stereocenters. The van der Waals surface area contributed by atoms with Gasteiger partial charge in [-0.1, -0.05) is 12.2 Å². The predicted octanol–water partition coefficient (Wildman–Crippen LogP) is 2.76. The number of fused-ring (bicyclic) bond motifs is 1. The summed E-state index contributed by atoms with van der Waals surface area (Å²) in [4.78, 5) is 16.1. The summed E-state index contributed by atoms with van der Waals surface area (Å²) < 4.78 is 39.8. The standard InChI is InChI=1S/C18H18F3N5O/c19-18(20,21)16-13(9-23-24-16)11-3-1-4-14-12(11)6-8-26(14)17(27)15-5-2-7-25(15)10-22/h1,3-4,9,11-12,15H,2,5-8H2,(H,23,24)/t11?,12?,15-/m0/s1. The van der Waals surface area contributed by atoms with Gasteiger partial charge in [0.2, 0.25) is 5.91 Å². The zero-order chi connectivity index (χ0) is 19.2. The second-order valence-corrected chi connectivity index (χ2v) is 7.04. The number of nitrogens with zero attached hydrogens (tertiary/aromatic N) is 4. The third kappa shape index (κ3) is 2.89. The largest absolute Gasteiger partial charge is 0.433 e. The van der Waals surface area contributed by atoms with Crippen LogP contribution in [0.4, 0.5) is 13.2 Å². The van der Waals surface area contributed by atoms with Crippen LogP contribution in [0.5, 0.6) is 0 Å². The molecule has 0 saturated carbocycles. The van der Waals surface area contributed by atoms with E-state index in [-0.39, 0.29) is 17.4 Å². The number of carbonyl (C=O) groups excluding carboxylic acids is 1. The number of halogens is 3. The van der Waals surface area contributed by atoms with Crippen molar-refractivity contribution in [3.63, 3.8) is 0 Å². The van der Waals surface area contributed by atoms with E-state index in [1.807, 2.05) is 0 Å². The Morgan fingerprint density at radius 1 is 1.33 bits per heavy atom. The first-order chi connectivity index (χ1) is 12.9. The van der Waals surface area contributed by atoms with Crippen molar-refractivity contribution in [2.45, 2.75) is 37.4 Å². The number of rotatable bonds is 2. The number of hydrogen-bond donors (Lipinski definition) is 1. The molecular weight excluding hydrogens is 359 g/mol. The van der Waals surface area contributed by atoms with Gasteiger partial charge in [-0.05, 0) is 25.3 Å². The first-order valence-electron chi connectivity index (χ1n) is 8.88. The molecule has 1 N–H and O–H groups in total. The van der Waals surface area contributed by atoms with Crippen molar-refractivity contribution in [1.29, 1.82) is 5.26 Å². The van der Waals surface area contributed by atoms with Crippen molar-refractivity contribution in [1.82, 2.24) is 20.0 Å². The van der Waals surface area contributed by atoms with Crippen molar-refractivity contribution in [2.24, 2.45) is 5.92 Å². The molecule has 9 heteroatoms. The van der Waals surface area contributed by atoms with E-state index in [4.69, 9.17) is 0 Å². The molecule has 2 fully saturated rings. The van der Waals surface area contributed by atoms with Crippen molar-refractivity contribution in [3.8, 4) is 6.19 Å². The van der Waals surface area contributed by atoms with Crippen molar-refractivity contribution in [2.75, 3.05) is 13.1 Å². The molecule has 2 saturated heterocycles. The summed E-state index contributed by atoms with van der Waals surface area (Å²) in [6.07, 6.45) is 5.99. The topological polar surface area (TPSA) is 76.0 Å². The monoisotopic (exact) mass is 377 g/mol. The molecule has 27 heavy (non-hydrogen) atoms. The first-order valence-corrected chi connectivity index (χ1v) is 8.88. The lowest BCUT2D eigenvalue weighted by Gasteiger charge is -2.30. The summed E-state index contributed by atoms with van der Waals surface area (Å²) in [7, 11) is 0. The average molecular weight is 377 g/mol.